The zero-order valence-corrected chi connectivity index (χ0v) is 19.7. The van der Waals surface area contributed by atoms with Gasteiger partial charge in [0.05, 0.1) is 18.7 Å². The molecule has 0 saturated carbocycles. The molecule has 0 aliphatic carbocycles. The Balaban J connectivity index is 1.65. The maximum atomic E-state index is 12.6. The van der Waals surface area contributed by atoms with E-state index >= 15 is 0 Å². The average Bonchev–Trinajstić information content (AvgIpc) is 2.76. The summed E-state index contributed by atoms with van der Waals surface area (Å²) in [5.41, 5.74) is 0.865. The number of rotatable bonds is 7. The fourth-order valence-electron chi connectivity index (χ4n) is 4.13. The van der Waals surface area contributed by atoms with E-state index in [-0.39, 0.29) is 6.04 Å². The van der Waals surface area contributed by atoms with Crippen LogP contribution in [-0.4, -0.2) is 82.0 Å². The molecule has 1 aliphatic rings. The highest BCUT2D eigenvalue weighted by Gasteiger charge is 2.33. The minimum Gasteiger partial charge on any atom is -0.497 e. The van der Waals surface area contributed by atoms with Gasteiger partial charge in [-0.1, -0.05) is 0 Å². The van der Waals surface area contributed by atoms with Crippen LogP contribution in [0, 0.1) is 0 Å². The number of hydrogen-bond acceptors (Lipinski definition) is 7. The number of piperidine rings is 1. The van der Waals surface area contributed by atoms with E-state index < -0.39 is 30.3 Å². The summed E-state index contributed by atoms with van der Waals surface area (Å²) < 4.78 is 10.7. The summed E-state index contributed by atoms with van der Waals surface area (Å²) in [6.07, 6.45) is 1.55. The topological polar surface area (TPSA) is 112 Å². The van der Waals surface area contributed by atoms with Crippen molar-refractivity contribution in [3.8, 4) is 5.75 Å². The number of aliphatic hydroxyl groups excluding tert-OH is 1. The number of ether oxygens (including phenoxy) is 2. The van der Waals surface area contributed by atoms with Gasteiger partial charge in [0.1, 0.15) is 17.9 Å². The first-order chi connectivity index (χ1) is 15.6. The van der Waals surface area contributed by atoms with E-state index in [9.17, 15) is 19.8 Å². The van der Waals surface area contributed by atoms with Crippen molar-refractivity contribution in [1.29, 1.82) is 0 Å². The van der Waals surface area contributed by atoms with Crippen LogP contribution in [0.15, 0.2) is 30.5 Å². The molecule has 1 aromatic heterocycles. The molecule has 0 radical (unpaired) electrons. The third kappa shape index (κ3) is 6.55. The van der Waals surface area contributed by atoms with Crippen LogP contribution < -0.4 is 4.74 Å². The van der Waals surface area contributed by atoms with Gasteiger partial charge in [-0.05, 0) is 63.4 Å². The molecule has 1 aromatic carbocycles. The van der Waals surface area contributed by atoms with Crippen molar-refractivity contribution in [2.45, 2.75) is 51.4 Å². The van der Waals surface area contributed by atoms with Gasteiger partial charge in [-0.15, -0.1) is 0 Å². The largest absolute Gasteiger partial charge is 0.497 e. The van der Waals surface area contributed by atoms with Gasteiger partial charge in [-0.2, -0.15) is 0 Å². The lowest BCUT2D eigenvalue weighted by atomic mass is 10.00. The van der Waals surface area contributed by atoms with Crippen LogP contribution in [0.25, 0.3) is 10.9 Å². The number of benzene rings is 1. The first-order valence-corrected chi connectivity index (χ1v) is 11.1. The summed E-state index contributed by atoms with van der Waals surface area (Å²) in [6.45, 7) is 6.56. The van der Waals surface area contributed by atoms with Crippen molar-refractivity contribution in [2.75, 3.05) is 33.3 Å². The molecule has 0 unspecified atom stereocenters. The molecule has 1 amide bonds. The molecule has 1 atom stereocenters. The number of likely N-dealkylation sites (tertiary alicyclic amines) is 1. The maximum absolute atomic E-state index is 12.6. The predicted octanol–water partition coefficient (Wildman–Crippen LogP) is 3.06. The molecule has 3 rings (SSSR count). The fraction of sp³-hybridized carbons (Fsp3) is 0.542. The van der Waals surface area contributed by atoms with E-state index in [0.29, 0.717) is 38.2 Å². The number of β-amino-alcohol motifs (C(OH)–C–C–N with tert-alkyl or cyclic N) is 1. The number of carbonyl (C=O) groups excluding carboxylic acids is 1. The molecule has 1 aliphatic heterocycles. The summed E-state index contributed by atoms with van der Waals surface area (Å²) in [5.74, 6) is -0.371. The Labute approximate surface area is 193 Å². The lowest BCUT2D eigenvalue weighted by Gasteiger charge is -2.38. The monoisotopic (exact) mass is 459 g/mol. The lowest BCUT2D eigenvalue weighted by molar-refractivity contribution is -0.139. The van der Waals surface area contributed by atoms with Crippen molar-refractivity contribution in [3.05, 3.63) is 36.0 Å². The van der Waals surface area contributed by atoms with Gasteiger partial charge >= 0.3 is 12.1 Å². The minimum atomic E-state index is -1.07. The Morgan fingerprint density at radius 1 is 1.24 bits per heavy atom. The number of nitrogens with zero attached hydrogens (tertiary/aromatic N) is 3. The maximum Gasteiger partial charge on any atom is 0.411 e. The number of aliphatic carboxylic acids is 1. The Bertz CT molecular complexity index is 982. The Hall–Kier alpha value is -2.91. The third-order valence-corrected chi connectivity index (χ3v) is 5.70. The summed E-state index contributed by atoms with van der Waals surface area (Å²) in [6, 6.07) is 7.16. The van der Waals surface area contributed by atoms with E-state index in [1.807, 2.05) is 24.3 Å². The zero-order valence-electron chi connectivity index (χ0n) is 19.7. The molecule has 9 heteroatoms. The van der Waals surface area contributed by atoms with Gasteiger partial charge < -0.3 is 24.6 Å². The Morgan fingerprint density at radius 2 is 1.94 bits per heavy atom. The van der Waals surface area contributed by atoms with Gasteiger partial charge in [-0.3, -0.25) is 14.7 Å². The predicted molar refractivity (Wildman–Crippen MR) is 123 cm³/mol. The molecule has 33 heavy (non-hydrogen) atoms. The molecule has 1 fully saturated rings. The highest BCUT2D eigenvalue weighted by molar-refractivity contribution is 5.83. The second-order valence-corrected chi connectivity index (χ2v) is 9.33. The number of pyridine rings is 1. The molecule has 9 nitrogen and oxygen atoms in total. The first-order valence-electron chi connectivity index (χ1n) is 11.1. The number of carboxylic acid groups (broad SMARTS) is 1. The van der Waals surface area contributed by atoms with Crippen molar-refractivity contribution in [1.82, 2.24) is 14.8 Å². The van der Waals surface area contributed by atoms with Crippen molar-refractivity contribution in [2.24, 2.45) is 0 Å². The van der Waals surface area contributed by atoms with Gasteiger partial charge in [0, 0.05) is 37.3 Å². The number of aromatic nitrogens is 1. The summed E-state index contributed by atoms with van der Waals surface area (Å²) >= 11 is 0. The molecule has 2 heterocycles. The van der Waals surface area contributed by atoms with Crippen LogP contribution in [0.5, 0.6) is 5.75 Å². The standard InChI is InChI=1S/C24H33N3O6/c1-24(2,3)33-23(31)27(15-22(29)30)16-8-11-26(12-9-16)14-21(28)18-7-10-25-20-6-5-17(32-4)13-19(18)20/h5-7,10,13,16,21,28H,8-9,11-12,14-15H2,1-4H3,(H,29,30)/t21-/m0/s1. The van der Waals surface area contributed by atoms with Gasteiger partial charge in [0.2, 0.25) is 0 Å². The van der Waals surface area contributed by atoms with E-state index in [0.717, 1.165) is 16.5 Å². The van der Waals surface area contributed by atoms with Crippen LogP contribution in [0.4, 0.5) is 4.79 Å². The van der Waals surface area contributed by atoms with Crippen LogP contribution in [-0.2, 0) is 9.53 Å². The molecular weight excluding hydrogens is 426 g/mol. The second kappa shape index (κ2) is 10.4. The van der Waals surface area contributed by atoms with E-state index in [1.165, 1.54) is 4.90 Å². The normalized spacial score (nSPS) is 16.4. The zero-order chi connectivity index (χ0) is 24.2. The first kappa shape index (κ1) is 24.7. The molecular formula is C24H33N3O6. The third-order valence-electron chi connectivity index (χ3n) is 5.70. The minimum absolute atomic E-state index is 0.227. The number of fused-ring (bicyclic) bond motifs is 1. The molecule has 2 N–H and O–H groups in total. The van der Waals surface area contributed by atoms with E-state index in [2.05, 4.69) is 9.88 Å². The Kier molecular flexibility index (Phi) is 7.76. The number of hydrogen-bond donors (Lipinski definition) is 2. The molecule has 0 bridgehead atoms. The number of amides is 1. The summed E-state index contributed by atoms with van der Waals surface area (Å²) in [4.78, 5) is 31.7. The van der Waals surface area contributed by atoms with Crippen molar-refractivity contribution in [3.63, 3.8) is 0 Å². The van der Waals surface area contributed by atoms with Crippen molar-refractivity contribution < 1.29 is 29.3 Å². The fourth-order valence-corrected chi connectivity index (χ4v) is 4.13. The van der Waals surface area contributed by atoms with Crippen molar-refractivity contribution >= 4 is 23.0 Å². The number of carboxylic acids is 1. The highest BCUT2D eigenvalue weighted by atomic mass is 16.6. The number of methoxy groups -OCH3 is 1. The molecule has 2 aromatic rings. The summed E-state index contributed by atoms with van der Waals surface area (Å²) in [5, 5.41) is 21.1. The van der Waals surface area contributed by atoms with Gasteiger partial charge in [0.15, 0.2) is 0 Å². The quantitative estimate of drug-likeness (QED) is 0.650. The summed E-state index contributed by atoms with van der Waals surface area (Å²) in [7, 11) is 1.60. The van der Waals surface area contributed by atoms with Crippen LogP contribution >= 0.6 is 0 Å². The number of carbonyl (C=O) groups is 2. The smallest absolute Gasteiger partial charge is 0.411 e. The Morgan fingerprint density at radius 3 is 2.55 bits per heavy atom. The van der Waals surface area contributed by atoms with E-state index in [1.54, 1.807) is 34.1 Å². The van der Waals surface area contributed by atoms with Crippen LogP contribution in [0.3, 0.4) is 0 Å². The molecule has 180 valence electrons. The van der Waals surface area contributed by atoms with Crippen LogP contribution in [0.1, 0.15) is 45.3 Å². The average molecular weight is 460 g/mol. The molecule has 0 spiro atoms. The highest BCUT2D eigenvalue weighted by Crippen LogP contribution is 2.28. The SMILES string of the molecule is COc1ccc2nccc([C@@H](O)CN3CCC(N(CC(=O)O)C(=O)OC(C)(C)C)CC3)c2c1. The van der Waals surface area contributed by atoms with Gasteiger partial charge in [-0.25, -0.2) is 4.79 Å². The van der Waals surface area contributed by atoms with Gasteiger partial charge in [0.25, 0.3) is 0 Å². The van der Waals surface area contributed by atoms with E-state index in [4.69, 9.17) is 9.47 Å². The molecule has 1 saturated heterocycles. The second-order valence-electron chi connectivity index (χ2n) is 9.33. The lowest BCUT2D eigenvalue weighted by Crippen LogP contribution is -2.51. The number of aliphatic hydroxyl groups is 1. The van der Waals surface area contributed by atoms with Crippen LogP contribution in [0.2, 0.25) is 0 Å².